The SMILES string of the molecule is CCCC(=O)O[C@H]1C[C@](C)(OC(C)=O)[C@@H]2[CH]C(=O)C(C)=C2[C@@H]2OC(=O)[C@@](C)(O)[C@@]12O. The Hall–Kier alpha value is -2.26. The van der Waals surface area contributed by atoms with Gasteiger partial charge in [-0.25, -0.2) is 4.79 Å². The van der Waals surface area contributed by atoms with Gasteiger partial charge in [-0.05, 0) is 38.3 Å². The van der Waals surface area contributed by atoms with Gasteiger partial charge < -0.3 is 24.4 Å². The summed E-state index contributed by atoms with van der Waals surface area (Å²) < 4.78 is 16.5. The van der Waals surface area contributed by atoms with Crippen molar-refractivity contribution in [3.63, 3.8) is 0 Å². The van der Waals surface area contributed by atoms with Crippen molar-refractivity contribution in [2.75, 3.05) is 0 Å². The minimum atomic E-state index is -2.43. The van der Waals surface area contributed by atoms with Crippen LogP contribution in [0.3, 0.4) is 0 Å². The molecule has 0 unspecified atom stereocenters. The molecular weight excluding hydrogens is 396 g/mol. The molecule has 0 aromatic heterocycles. The van der Waals surface area contributed by atoms with Crippen LogP contribution in [-0.2, 0) is 33.4 Å². The highest BCUT2D eigenvalue weighted by Crippen LogP contribution is 2.55. The zero-order chi connectivity index (χ0) is 22.6. The molecule has 1 saturated heterocycles. The van der Waals surface area contributed by atoms with E-state index in [4.69, 9.17) is 14.2 Å². The van der Waals surface area contributed by atoms with Crippen molar-refractivity contribution in [1.82, 2.24) is 0 Å². The smallest absolute Gasteiger partial charge is 0.341 e. The summed E-state index contributed by atoms with van der Waals surface area (Å²) in [6.07, 6.45) is -1.28. The van der Waals surface area contributed by atoms with Crippen LogP contribution >= 0.6 is 0 Å². The van der Waals surface area contributed by atoms with Crippen molar-refractivity contribution in [1.29, 1.82) is 0 Å². The fraction of sp³-hybridized carbons (Fsp3) is 0.667. The van der Waals surface area contributed by atoms with Crippen LogP contribution in [0.5, 0.6) is 0 Å². The molecule has 3 aliphatic rings. The van der Waals surface area contributed by atoms with E-state index in [2.05, 4.69) is 0 Å². The Bertz CT molecular complexity index is 841. The molecule has 0 aromatic rings. The van der Waals surface area contributed by atoms with Crippen molar-refractivity contribution in [3.8, 4) is 0 Å². The second-order valence-corrected chi connectivity index (χ2v) is 8.61. The van der Waals surface area contributed by atoms with Gasteiger partial charge in [-0.3, -0.25) is 14.4 Å². The topological polar surface area (TPSA) is 136 Å². The molecule has 2 fully saturated rings. The summed E-state index contributed by atoms with van der Waals surface area (Å²) in [5, 5.41) is 22.6. The van der Waals surface area contributed by atoms with Crippen LogP contribution in [0.1, 0.15) is 53.9 Å². The number of aliphatic hydroxyl groups is 2. The van der Waals surface area contributed by atoms with Crippen LogP contribution in [0.25, 0.3) is 0 Å². The third-order valence-corrected chi connectivity index (χ3v) is 6.38. The number of carbonyl (C=O) groups excluding carboxylic acids is 4. The lowest BCUT2D eigenvalue weighted by atomic mass is 9.75. The standard InChI is InChI=1S/C21H27O9/c1-6-7-15(24)28-14-9-19(4,30-11(3)22)12-8-13(23)10(2)16(12)17-21(14,27)20(5,26)18(25)29-17/h8,12,14,17,26-27H,6-7,9H2,1-5H3/t12-,14+,17+,19+,20-,21-/m1/s1. The van der Waals surface area contributed by atoms with E-state index < -0.39 is 52.8 Å². The largest absolute Gasteiger partial charge is 0.459 e. The fourth-order valence-electron chi connectivity index (χ4n) is 4.76. The molecule has 1 aliphatic heterocycles. The molecule has 30 heavy (non-hydrogen) atoms. The molecule has 2 aliphatic carbocycles. The normalized spacial score (nSPS) is 40.4. The molecule has 3 rings (SSSR count). The van der Waals surface area contributed by atoms with Crippen LogP contribution < -0.4 is 0 Å². The minimum absolute atomic E-state index is 0.0498. The van der Waals surface area contributed by atoms with Gasteiger partial charge in [0.1, 0.15) is 11.7 Å². The maximum absolute atomic E-state index is 12.5. The van der Waals surface area contributed by atoms with E-state index in [1.807, 2.05) is 0 Å². The first-order valence-electron chi connectivity index (χ1n) is 9.94. The van der Waals surface area contributed by atoms with Gasteiger partial charge in [0.15, 0.2) is 23.1 Å². The van der Waals surface area contributed by atoms with Crippen molar-refractivity contribution < 1.29 is 43.6 Å². The number of ether oxygens (including phenoxy) is 3. The van der Waals surface area contributed by atoms with E-state index in [9.17, 15) is 29.4 Å². The number of esters is 3. The van der Waals surface area contributed by atoms with Crippen molar-refractivity contribution in [3.05, 3.63) is 17.6 Å². The summed E-state index contributed by atoms with van der Waals surface area (Å²) in [6.45, 7) is 7.12. The van der Waals surface area contributed by atoms with Gasteiger partial charge in [-0.15, -0.1) is 0 Å². The van der Waals surface area contributed by atoms with Crippen molar-refractivity contribution >= 4 is 23.7 Å². The molecule has 0 bridgehead atoms. The Kier molecular flexibility index (Phi) is 5.35. The molecule has 1 heterocycles. The van der Waals surface area contributed by atoms with Crippen LogP contribution in [-0.4, -0.2) is 62.9 Å². The van der Waals surface area contributed by atoms with Crippen LogP contribution in [0.15, 0.2) is 11.1 Å². The first-order valence-corrected chi connectivity index (χ1v) is 9.94. The summed E-state index contributed by atoms with van der Waals surface area (Å²) in [6, 6.07) is 0. The predicted molar refractivity (Wildman–Crippen MR) is 101 cm³/mol. The molecular formula is C21H27O9. The molecule has 0 aromatic carbocycles. The Morgan fingerprint density at radius 2 is 1.90 bits per heavy atom. The first kappa shape index (κ1) is 22.4. The van der Waals surface area contributed by atoms with Gasteiger partial charge in [0.2, 0.25) is 0 Å². The van der Waals surface area contributed by atoms with Crippen LogP contribution in [0.2, 0.25) is 0 Å². The molecule has 9 nitrogen and oxygen atoms in total. The van der Waals surface area contributed by atoms with Crippen LogP contribution in [0, 0.1) is 12.3 Å². The first-order chi connectivity index (χ1) is 13.8. The second-order valence-electron chi connectivity index (χ2n) is 8.61. The van der Waals surface area contributed by atoms with Gasteiger partial charge in [-0.1, -0.05) is 6.92 Å². The number of hydrogen-bond donors (Lipinski definition) is 2. The lowest BCUT2D eigenvalue weighted by Crippen LogP contribution is -2.64. The highest BCUT2D eigenvalue weighted by atomic mass is 16.6. The van der Waals surface area contributed by atoms with E-state index in [0.29, 0.717) is 6.42 Å². The summed E-state index contributed by atoms with van der Waals surface area (Å²) >= 11 is 0. The Morgan fingerprint density at radius 1 is 1.27 bits per heavy atom. The molecule has 1 saturated carbocycles. The lowest BCUT2D eigenvalue weighted by molar-refractivity contribution is -0.209. The number of ketones is 1. The van der Waals surface area contributed by atoms with E-state index in [-0.39, 0.29) is 29.8 Å². The molecule has 0 amide bonds. The van der Waals surface area contributed by atoms with Crippen LogP contribution in [0.4, 0.5) is 0 Å². The van der Waals surface area contributed by atoms with Gasteiger partial charge >= 0.3 is 17.9 Å². The summed E-state index contributed by atoms with van der Waals surface area (Å²) in [5.74, 6) is -3.57. The summed E-state index contributed by atoms with van der Waals surface area (Å²) in [4.78, 5) is 49.2. The van der Waals surface area contributed by atoms with E-state index >= 15 is 0 Å². The quantitative estimate of drug-likeness (QED) is 0.491. The zero-order valence-electron chi connectivity index (χ0n) is 17.7. The lowest BCUT2D eigenvalue weighted by Gasteiger charge is -2.40. The second kappa shape index (κ2) is 7.16. The van der Waals surface area contributed by atoms with Gasteiger partial charge in [-0.2, -0.15) is 0 Å². The maximum Gasteiger partial charge on any atom is 0.341 e. The molecule has 2 N–H and O–H groups in total. The van der Waals surface area contributed by atoms with E-state index in [1.165, 1.54) is 20.3 Å². The fourth-order valence-corrected chi connectivity index (χ4v) is 4.76. The highest BCUT2D eigenvalue weighted by molar-refractivity contribution is 6.06. The molecule has 1 radical (unpaired) electrons. The summed E-state index contributed by atoms with van der Waals surface area (Å²) in [7, 11) is 0. The number of fused-ring (bicyclic) bond motifs is 3. The number of hydrogen-bond acceptors (Lipinski definition) is 9. The highest BCUT2D eigenvalue weighted by Gasteiger charge is 2.74. The average molecular weight is 423 g/mol. The van der Waals surface area contributed by atoms with E-state index in [1.54, 1.807) is 13.8 Å². The molecule has 6 atom stereocenters. The third kappa shape index (κ3) is 3.06. The Labute approximate surface area is 174 Å². The average Bonchev–Trinajstić information content (AvgIpc) is 2.98. The third-order valence-electron chi connectivity index (χ3n) is 6.38. The molecule has 0 spiro atoms. The zero-order valence-corrected chi connectivity index (χ0v) is 17.7. The predicted octanol–water partition coefficient (Wildman–Crippen LogP) is 0.551. The number of carbonyl (C=O) groups is 4. The maximum atomic E-state index is 12.5. The minimum Gasteiger partial charge on any atom is -0.459 e. The van der Waals surface area contributed by atoms with Gasteiger partial charge in [0, 0.05) is 32.1 Å². The number of Topliss-reactive ketones (excluding diaryl/α,β-unsaturated/α-hetero) is 1. The van der Waals surface area contributed by atoms with Crippen molar-refractivity contribution in [2.45, 2.75) is 82.9 Å². The van der Waals surface area contributed by atoms with Gasteiger partial charge in [0.25, 0.3) is 0 Å². The monoisotopic (exact) mass is 423 g/mol. The van der Waals surface area contributed by atoms with Gasteiger partial charge in [0.05, 0.1) is 0 Å². The Balaban J connectivity index is 2.23. The number of rotatable bonds is 4. The molecule has 9 heteroatoms. The Morgan fingerprint density at radius 3 is 2.47 bits per heavy atom. The van der Waals surface area contributed by atoms with Crippen molar-refractivity contribution in [2.24, 2.45) is 5.92 Å². The summed E-state index contributed by atoms with van der Waals surface area (Å²) in [5.41, 5.74) is -5.77. The van der Waals surface area contributed by atoms with E-state index in [0.717, 1.165) is 6.92 Å². The molecule has 165 valence electrons. The number of allylic oxidation sites excluding steroid dienone is 1.